The molecule has 0 spiro atoms. The largest absolute Gasteiger partial charge is 0.342 e. The lowest BCUT2D eigenvalue weighted by Gasteiger charge is -2.63. The first-order valence-corrected chi connectivity index (χ1v) is 11.7. The number of hydrogen-bond donors (Lipinski definition) is 0. The maximum Gasteiger partial charge on any atom is 0.222 e. The standard InChI is InChI=1S/C22H37NOS/c1-6-25-15-12-17-20-14(2)11-18-22(4,10-8-19(24)23(18)5)16(20)7-9-21(17,3)13-15/h14-18,20H,6-13H2,1-5H3/t14-,15-,16-,17-,18+,20+,21+,22+/m0/s1. The molecule has 0 aromatic carbocycles. The van der Waals surface area contributed by atoms with Crippen LogP contribution in [0.4, 0.5) is 0 Å². The van der Waals surface area contributed by atoms with E-state index in [4.69, 9.17) is 0 Å². The highest BCUT2D eigenvalue weighted by Crippen LogP contribution is 2.66. The normalized spacial score (nSPS) is 52.5. The fourth-order valence-electron chi connectivity index (χ4n) is 7.82. The van der Waals surface area contributed by atoms with E-state index in [1.165, 1.54) is 37.9 Å². The van der Waals surface area contributed by atoms with E-state index in [9.17, 15) is 4.79 Å². The quantitative estimate of drug-likeness (QED) is 0.670. The van der Waals surface area contributed by atoms with Crippen molar-refractivity contribution >= 4 is 17.7 Å². The van der Waals surface area contributed by atoms with Crippen LogP contribution in [-0.2, 0) is 4.79 Å². The first kappa shape index (κ1) is 18.2. The van der Waals surface area contributed by atoms with E-state index in [0.717, 1.165) is 41.8 Å². The third-order valence-electron chi connectivity index (χ3n) is 9.06. The number of nitrogens with zero attached hydrogens (tertiary/aromatic N) is 1. The maximum atomic E-state index is 12.3. The lowest BCUT2D eigenvalue weighted by Crippen LogP contribution is -2.62. The minimum Gasteiger partial charge on any atom is -0.342 e. The number of carbonyl (C=O) groups excluding carboxylic acids is 1. The van der Waals surface area contributed by atoms with Crippen LogP contribution < -0.4 is 0 Å². The number of rotatable bonds is 2. The van der Waals surface area contributed by atoms with Gasteiger partial charge in [-0.25, -0.2) is 0 Å². The van der Waals surface area contributed by atoms with Gasteiger partial charge in [0.15, 0.2) is 0 Å². The summed E-state index contributed by atoms with van der Waals surface area (Å²) in [5, 5.41) is 0.895. The van der Waals surface area contributed by atoms with Crippen molar-refractivity contribution in [3.63, 3.8) is 0 Å². The zero-order chi connectivity index (χ0) is 18.0. The fraction of sp³-hybridized carbons (Fsp3) is 0.955. The molecule has 3 heteroatoms. The van der Waals surface area contributed by atoms with E-state index in [1.807, 2.05) is 0 Å². The highest BCUT2D eigenvalue weighted by molar-refractivity contribution is 7.99. The van der Waals surface area contributed by atoms with Crippen molar-refractivity contribution in [2.75, 3.05) is 12.8 Å². The lowest BCUT2D eigenvalue weighted by molar-refractivity contribution is -0.164. The zero-order valence-corrected chi connectivity index (χ0v) is 17.7. The molecule has 25 heavy (non-hydrogen) atoms. The number of amides is 1. The highest BCUT2D eigenvalue weighted by Gasteiger charge is 2.61. The van der Waals surface area contributed by atoms with Gasteiger partial charge in [0.25, 0.3) is 0 Å². The number of carbonyl (C=O) groups is 1. The fourth-order valence-corrected chi connectivity index (χ4v) is 9.13. The molecule has 0 aromatic heterocycles. The summed E-state index contributed by atoms with van der Waals surface area (Å²) in [4.78, 5) is 14.5. The average molecular weight is 364 g/mol. The Morgan fingerprint density at radius 1 is 1.20 bits per heavy atom. The van der Waals surface area contributed by atoms with E-state index in [0.29, 0.717) is 22.8 Å². The summed E-state index contributed by atoms with van der Waals surface area (Å²) < 4.78 is 0. The minimum absolute atomic E-state index is 0.358. The van der Waals surface area contributed by atoms with Crippen LogP contribution in [0, 0.1) is 34.5 Å². The number of hydrogen-bond acceptors (Lipinski definition) is 2. The van der Waals surface area contributed by atoms with Crippen molar-refractivity contribution in [2.24, 2.45) is 34.5 Å². The molecule has 0 aromatic rings. The Labute approximate surface area is 158 Å². The molecule has 4 aliphatic rings. The van der Waals surface area contributed by atoms with Gasteiger partial charge in [-0.1, -0.05) is 27.7 Å². The smallest absolute Gasteiger partial charge is 0.222 e. The van der Waals surface area contributed by atoms with E-state index in [1.54, 1.807) is 0 Å². The predicted molar refractivity (Wildman–Crippen MR) is 107 cm³/mol. The Bertz CT molecular complexity index is 550. The second-order valence-electron chi connectivity index (χ2n) is 10.2. The van der Waals surface area contributed by atoms with E-state index in [-0.39, 0.29) is 0 Å². The van der Waals surface area contributed by atoms with Gasteiger partial charge in [0.2, 0.25) is 5.91 Å². The number of piperidine rings is 1. The SMILES string of the molecule is CCS[C@H]1C[C@H]2[C@@H]3[C@@H](C)C[C@H]4N(C)C(=O)CC[C@]4(C)[C@H]3CC[C@]2(C)C1. The van der Waals surface area contributed by atoms with Crippen LogP contribution in [0.15, 0.2) is 0 Å². The van der Waals surface area contributed by atoms with Gasteiger partial charge in [-0.15, -0.1) is 0 Å². The van der Waals surface area contributed by atoms with E-state index < -0.39 is 0 Å². The third-order valence-corrected chi connectivity index (χ3v) is 10.2. The highest BCUT2D eigenvalue weighted by atomic mass is 32.2. The van der Waals surface area contributed by atoms with Gasteiger partial charge in [0, 0.05) is 24.8 Å². The number of fused-ring (bicyclic) bond motifs is 5. The molecule has 2 nitrogen and oxygen atoms in total. The summed E-state index contributed by atoms with van der Waals surface area (Å²) in [5.74, 6) is 5.07. The summed E-state index contributed by atoms with van der Waals surface area (Å²) in [6.45, 7) is 9.99. The Kier molecular flexibility index (Phi) is 4.49. The average Bonchev–Trinajstić information content (AvgIpc) is 2.90. The second-order valence-corrected chi connectivity index (χ2v) is 11.8. The van der Waals surface area contributed by atoms with Crippen molar-refractivity contribution < 1.29 is 4.79 Å². The Balaban J connectivity index is 1.64. The van der Waals surface area contributed by atoms with Crippen LogP contribution in [0.1, 0.15) is 72.6 Å². The molecule has 4 rings (SSSR count). The Morgan fingerprint density at radius 2 is 1.96 bits per heavy atom. The molecule has 1 heterocycles. The van der Waals surface area contributed by atoms with Crippen LogP contribution in [-0.4, -0.2) is 34.9 Å². The van der Waals surface area contributed by atoms with E-state index >= 15 is 0 Å². The molecule has 0 N–H and O–H groups in total. The van der Waals surface area contributed by atoms with Crippen molar-refractivity contribution in [1.82, 2.24) is 4.90 Å². The van der Waals surface area contributed by atoms with Crippen LogP contribution in [0.2, 0.25) is 0 Å². The van der Waals surface area contributed by atoms with Crippen LogP contribution >= 0.6 is 11.8 Å². The molecule has 1 saturated heterocycles. The van der Waals surface area contributed by atoms with Gasteiger partial charge < -0.3 is 4.90 Å². The van der Waals surface area contributed by atoms with Gasteiger partial charge in [0.1, 0.15) is 0 Å². The molecular weight excluding hydrogens is 326 g/mol. The van der Waals surface area contributed by atoms with Crippen molar-refractivity contribution in [3.05, 3.63) is 0 Å². The van der Waals surface area contributed by atoms with Gasteiger partial charge in [-0.2, -0.15) is 11.8 Å². The number of likely N-dealkylation sites (tertiary alicyclic amines) is 1. The predicted octanol–water partition coefficient (Wildman–Crippen LogP) is 5.22. The molecule has 3 saturated carbocycles. The van der Waals surface area contributed by atoms with Gasteiger partial charge in [0.05, 0.1) is 0 Å². The molecular formula is C22H37NOS. The Morgan fingerprint density at radius 3 is 2.68 bits per heavy atom. The van der Waals surface area contributed by atoms with Gasteiger partial charge in [-0.05, 0) is 78.8 Å². The van der Waals surface area contributed by atoms with Crippen molar-refractivity contribution in [3.8, 4) is 0 Å². The summed E-state index contributed by atoms with van der Waals surface area (Å²) in [5.41, 5.74) is 0.943. The zero-order valence-electron chi connectivity index (χ0n) is 16.9. The minimum atomic E-state index is 0.358. The topological polar surface area (TPSA) is 20.3 Å². The summed E-state index contributed by atoms with van der Waals surface area (Å²) in [6.07, 6.45) is 8.87. The molecule has 1 aliphatic heterocycles. The molecule has 0 radical (unpaired) electrons. The van der Waals surface area contributed by atoms with Crippen LogP contribution in [0.5, 0.6) is 0 Å². The summed E-state index contributed by atoms with van der Waals surface area (Å²) >= 11 is 2.21. The summed E-state index contributed by atoms with van der Waals surface area (Å²) in [7, 11) is 2.08. The first-order chi connectivity index (χ1) is 11.8. The number of thioether (sulfide) groups is 1. The molecule has 4 fully saturated rings. The van der Waals surface area contributed by atoms with Crippen LogP contribution in [0.3, 0.4) is 0 Å². The van der Waals surface area contributed by atoms with E-state index in [2.05, 4.69) is 51.4 Å². The van der Waals surface area contributed by atoms with Crippen molar-refractivity contribution in [1.29, 1.82) is 0 Å². The lowest BCUT2D eigenvalue weighted by atomic mass is 9.45. The first-order valence-electron chi connectivity index (χ1n) is 10.7. The molecule has 0 unspecified atom stereocenters. The second kappa shape index (κ2) is 6.17. The Hall–Kier alpha value is -0.180. The van der Waals surface area contributed by atoms with Gasteiger partial charge in [-0.3, -0.25) is 4.79 Å². The van der Waals surface area contributed by atoms with Crippen LogP contribution in [0.25, 0.3) is 0 Å². The third kappa shape index (κ3) is 2.62. The molecule has 142 valence electrons. The maximum absolute atomic E-state index is 12.3. The van der Waals surface area contributed by atoms with Gasteiger partial charge >= 0.3 is 0 Å². The van der Waals surface area contributed by atoms with Crippen molar-refractivity contribution in [2.45, 2.75) is 83.9 Å². The molecule has 3 aliphatic carbocycles. The molecule has 8 atom stereocenters. The monoisotopic (exact) mass is 363 g/mol. The summed E-state index contributed by atoms with van der Waals surface area (Å²) in [6, 6.07) is 0.483. The molecule has 1 amide bonds. The molecule has 0 bridgehead atoms.